The summed E-state index contributed by atoms with van der Waals surface area (Å²) >= 11 is 0. The summed E-state index contributed by atoms with van der Waals surface area (Å²) in [6.07, 6.45) is 1.31. The molecule has 6 nitrogen and oxygen atoms in total. The zero-order chi connectivity index (χ0) is 9.68. The molecule has 0 saturated heterocycles. The van der Waals surface area contributed by atoms with Gasteiger partial charge in [-0.1, -0.05) is 0 Å². The van der Waals surface area contributed by atoms with Crippen molar-refractivity contribution in [3.63, 3.8) is 0 Å². The third kappa shape index (κ3) is 2.94. The predicted octanol–water partition coefficient (Wildman–Crippen LogP) is -0.356. The summed E-state index contributed by atoms with van der Waals surface area (Å²) in [6, 6.07) is 1.53. The number of ether oxygens (including phenoxy) is 1. The number of carbonyl (C=O) groups is 1. The van der Waals surface area contributed by atoms with Crippen LogP contribution in [-0.2, 0) is 9.53 Å². The Morgan fingerprint density at radius 3 is 3.08 bits per heavy atom. The van der Waals surface area contributed by atoms with Crippen molar-refractivity contribution in [1.29, 1.82) is 0 Å². The van der Waals surface area contributed by atoms with Crippen LogP contribution in [0.3, 0.4) is 0 Å². The molecule has 0 aliphatic heterocycles. The van der Waals surface area contributed by atoms with Gasteiger partial charge in [-0.2, -0.15) is 0 Å². The van der Waals surface area contributed by atoms with Gasteiger partial charge in [0.2, 0.25) is 0 Å². The lowest BCUT2D eigenvalue weighted by molar-refractivity contribution is -0.138. The highest BCUT2D eigenvalue weighted by Gasteiger charge is 2.00. The van der Waals surface area contributed by atoms with E-state index in [9.17, 15) is 4.79 Å². The topological polar surface area (TPSA) is 90.1 Å². The maximum Gasteiger partial charge on any atom is 0.325 e. The minimum atomic E-state index is -0.364. The average molecular weight is 182 g/mol. The first-order valence-electron chi connectivity index (χ1n) is 3.60. The molecule has 0 atom stereocenters. The fourth-order valence-corrected chi connectivity index (χ4v) is 0.704. The molecule has 0 radical (unpaired) electrons. The van der Waals surface area contributed by atoms with Gasteiger partial charge in [0, 0.05) is 6.07 Å². The van der Waals surface area contributed by atoms with Crippen molar-refractivity contribution in [2.75, 3.05) is 24.7 Å². The van der Waals surface area contributed by atoms with Crippen molar-refractivity contribution in [3.05, 3.63) is 12.4 Å². The summed E-state index contributed by atoms with van der Waals surface area (Å²) in [6.45, 7) is 0.0625. The number of hydrogen-bond donors (Lipinski definition) is 2. The highest BCUT2D eigenvalue weighted by molar-refractivity contribution is 5.74. The Labute approximate surface area is 75.1 Å². The molecule has 1 aromatic heterocycles. The first-order chi connectivity index (χ1) is 6.22. The van der Waals surface area contributed by atoms with Gasteiger partial charge in [-0.05, 0) is 0 Å². The lowest BCUT2D eigenvalue weighted by Gasteiger charge is -2.03. The highest BCUT2D eigenvalue weighted by atomic mass is 16.5. The van der Waals surface area contributed by atoms with Gasteiger partial charge >= 0.3 is 5.97 Å². The molecule has 0 fully saturated rings. The zero-order valence-corrected chi connectivity index (χ0v) is 7.15. The summed E-state index contributed by atoms with van der Waals surface area (Å²) in [7, 11) is 1.32. The standard InChI is InChI=1S/C7H10N4O2/c1-13-7(12)3-9-6-2-5(8)10-4-11-6/h2,4H,3H2,1H3,(H3,8,9,10,11). The van der Waals surface area contributed by atoms with Crippen LogP contribution in [0.1, 0.15) is 0 Å². The summed E-state index contributed by atoms with van der Waals surface area (Å²) in [5.74, 6) is 0.484. The third-order valence-corrected chi connectivity index (χ3v) is 1.33. The Kier molecular flexibility index (Phi) is 3.02. The fourth-order valence-electron chi connectivity index (χ4n) is 0.704. The van der Waals surface area contributed by atoms with Gasteiger partial charge in [-0.15, -0.1) is 0 Å². The highest BCUT2D eigenvalue weighted by Crippen LogP contribution is 2.03. The van der Waals surface area contributed by atoms with Gasteiger partial charge < -0.3 is 15.8 Å². The van der Waals surface area contributed by atoms with Crippen LogP contribution in [0.15, 0.2) is 12.4 Å². The predicted molar refractivity (Wildman–Crippen MR) is 47.0 cm³/mol. The summed E-state index contributed by atoms with van der Waals surface area (Å²) in [5.41, 5.74) is 5.39. The molecule has 13 heavy (non-hydrogen) atoms. The smallest absolute Gasteiger partial charge is 0.325 e. The molecule has 1 aromatic rings. The number of rotatable bonds is 3. The lowest BCUT2D eigenvalue weighted by Crippen LogP contribution is -2.15. The number of nitrogens with zero attached hydrogens (tertiary/aromatic N) is 2. The summed E-state index contributed by atoms with van der Waals surface area (Å²) in [5, 5.41) is 2.73. The maximum atomic E-state index is 10.7. The van der Waals surface area contributed by atoms with Crippen LogP contribution in [0, 0.1) is 0 Å². The van der Waals surface area contributed by atoms with Crippen LogP contribution in [0.5, 0.6) is 0 Å². The largest absolute Gasteiger partial charge is 0.468 e. The maximum absolute atomic E-state index is 10.7. The Morgan fingerprint density at radius 1 is 1.69 bits per heavy atom. The number of nitrogen functional groups attached to an aromatic ring is 1. The number of methoxy groups -OCH3 is 1. The van der Waals surface area contributed by atoms with Crippen molar-refractivity contribution in [1.82, 2.24) is 9.97 Å². The fraction of sp³-hybridized carbons (Fsp3) is 0.286. The van der Waals surface area contributed by atoms with E-state index in [4.69, 9.17) is 5.73 Å². The van der Waals surface area contributed by atoms with Crippen molar-refractivity contribution in [2.24, 2.45) is 0 Å². The van der Waals surface area contributed by atoms with Crippen LogP contribution in [-0.4, -0.2) is 29.6 Å². The minimum absolute atomic E-state index is 0.0625. The molecule has 1 heterocycles. The SMILES string of the molecule is COC(=O)CNc1cc(N)ncn1. The Morgan fingerprint density at radius 2 is 2.46 bits per heavy atom. The first kappa shape index (κ1) is 9.24. The number of esters is 1. The number of carbonyl (C=O) groups excluding carboxylic acids is 1. The van der Waals surface area contributed by atoms with Gasteiger partial charge in [-0.25, -0.2) is 9.97 Å². The molecule has 0 aliphatic rings. The van der Waals surface area contributed by atoms with Crippen LogP contribution >= 0.6 is 0 Å². The van der Waals surface area contributed by atoms with Crippen LogP contribution in [0.2, 0.25) is 0 Å². The van der Waals surface area contributed by atoms with Gasteiger partial charge in [0.25, 0.3) is 0 Å². The Balaban J connectivity index is 2.50. The molecule has 0 bridgehead atoms. The van der Waals surface area contributed by atoms with Crippen LogP contribution in [0.25, 0.3) is 0 Å². The third-order valence-electron chi connectivity index (χ3n) is 1.33. The monoisotopic (exact) mass is 182 g/mol. The van der Waals surface area contributed by atoms with Crippen molar-refractivity contribution < 1.29 is 9.53 Å². The second kappa shape index (κ2) is 4.24. The van der Waals surface area contributed by atoms with E-state index in [-0.39, 0.29) is 12.5 Å². The molecular weight excluding hydrogens is 172 g/mol. The molecule has 0 aliphatic carbocycles. The number of aromatic nitrogens is 2. The molecule has 0 saturated carbocycles. The molecule has 70 valence electrons. The van der Waals surface area contributed by atoms with Crippen LogP contribution < -0.4 is 11.1 Å². The van der Waals surface area contributed by atoms with E-state index in [2.05, 4.69) is 20.0 Å². The van der Waals surface area contributed by atoms with E-state index in [1.807, 2.05) is 0 Å². The second-order valence-electron chi connectivity index (χ2n) is 2.26. The van der Waals surface area contributed by atoms with Crippen molar-refractivity contribution >= 4 is 17.6 Å². The van der Waals surface area contributed by atoms with E-state index >= 15 is 0 Å². The van der Waals surface area contributed by atoms with Crippen LogP contribution in [0.4, 0.5) is 11.6 Å². The van der Waals surface area contributed by atoms with Gasteiger partial charge in [0.05, 0.1) is 7.11 Å². The van der Waals surface area contributed by atoms with Crippen molar-refractivity contribution in [3.8, 4) is 0 Å². The molecule has 3 N–H and O–H groups in total. The average Bonchev–Trinajstić information content (AvgIpc) is 2.14. The molecule has 0 aromatic carbocycles. The van der Waals surface area contributed by atoms with E-state index in [0.717, 1.165) is 0 Å². The number of anilines is 2. The molecule has 0 unspecified atom stereocenters. The summed E-state index contributed by atoms with van der Waals surface area (Å²) < 4.78 is 4.43. The molecule has 0 spiro atoms. The molecule has 0 amide bonds. The molecular formula is C7H10N4O2. The summed E-state index contributed by atoms with van der Waals surface area (Å²) in [4.78, 5) is 18.2. The second-order valence-corrected chi connectivity index (χ2v) is 2.26. The van der Waals surface area contributed by atoms with E-state index in [1.165, 1.54) is 19.5 Å². The van der Waals surface area contributed by atoms with E-state index in [0.29, 0.717) is 11.6 Å². The van der Waals surface area contributed by atoms with Gasteiger partial charge in [0.15, 0.2) is 0 Å². The molecule has 1 rings (SSSR count). The first-order valence-corrected chi connectivity index (χ1v) is 3.60. The quantitative estimate of drug-likeness (QED) is 0.620. The van der Waals surface area contributed by atoms with Crippen molar-refractivity contribution in [2.45, 2.75) is 0 Å². The Bertz CT molecular complexity index is 302. The lowest BCUT2D eigenvalue weighted by atomic mass is 10.5. The number of nitrogens with two attached hydrogens (primary N) is 1. The Hall–Kier alpha value is -1.85. The zero-order valence-electron chi connectivity index (χ0n) is 7.15. The number of hydrogen-bond acceptors (Lipinski definition) is 6. The molecule has 6 heteroatoms. The normalized spacial score (nSPS) is 9.31. The number of nitrogens with one attached hydrogen (secondary N) is 1. The van der Waals surface area contributed by atoms with E-state index < -0.39 is 0 Å². The van der Waals surface area contributed by atoms with Gasteiger partial charge in [-0.3, -0.25) is 4.79 Å². The van der Waals surface area contributed by atoms with E-state index in [1.54, 1.807) is 0 Å². The van der Waals surface area contributed by atoms with Gasteiger partial charge in [0.1, 0.15) is 24.5 Å². The minimum Gasteiger partial charge on any atom is -0.468 e.